The quantitative estimate of drug-likeness (QED) is 0.645. The summed E-state index contributed by atoms with van der Waals surface area (Å²) in [6.45, 7) is 0. The number of rotatable bonds is 3. The molecule has 0 aliphatic carbocycles. The van der Waals surface area contributed by atoms with Gasteiger partial charge in [0.1, 0.15) is 10.8 Å². The van der Waals surface area contributed by atoms with Gasteiger partial charge in [-0.2, -0.15) is 0 Å². The number of nitrogens with one attached hydrogen (secondary N) is 1. The number of benzene rings is 1. The molecule has 0 saturated carbocycles. The highest BCUT2D eigenvalue weighted by molar-refractivity contribution is 7.80. The fraction of sp³-hybridized carbons (Fsp3) is 0. The number of anilines is 2. The maximum absolute atomic E-state index is 6.09. The molecule has 1 aromatic carbocycles. The van der Waals surface area contributed by atoms with E-state index in [1.165, 1.54) is 0 Å². The fourth-order valence-electron chi connectivity index (χ4n) is 1.45. The highest BCUT2D eigenvalue weighted by Crippen LogP contribution is 2.34. The summed E-state index contributed by atoms with van der Waals surface area (Å²) in [5.41, 5.74) is 6.83. The molecule has 0 bridgehead atoms. The van der Waals surface area contributed by atoms with Crippen LogP contribution in [0, 0.1) is 0 Å². The molecular weight excluding hydrogens is 325 g/mol. The van der Waals surface area contributed by atoms with Gasteiger partial charge < -0.3 is 11.1 Å². The standard InChI is InChI=1S/C12H8Cl3N3S/c13-7-4-9(15)10(5-8(7)14)18-12-6(11(16)19)2-1-3-17-12/h1-5H,(H2,16,19)(H,17,18). The Morgan fingerprint density at radius 2 is 1.84 bits per heavy atom. The first-order valence-corrected chi connectivity index (χ1v) is 6.69. The molecule has 3 nitrogen and oxygen atoms in total. The van der Waals surface area contributed by atoms with E-state index in [0.29, 0.717) is 32.1 Å². The molecule has 98 valence electrons. The molecule has 19 heavy (non-hydrogen) atoms. The molecule has 0 unspecified atom stereocenters. The summed E-state index contributed by atoms with van der Waals surface area (Å²) in [6.07, 6.45) is 1.62. The lowest BCUT2D eigenvalue weighted by Gasteiger charge is -2.12. The van der Waals surface area contributed by atoms with Crippen LogP contribution in [-0.2, 0) is 0 Å². The van der Waals surface area contributed by atoms with E-state index in [1.54, 1.807) is 30.5 Å². The van der Waals surface area contributed by atoms with Gasteiger partial charge in [0.05, 0.1) is 26.3 Å². The predicted octanol–water partition coefficient (Wildman–Crippen LogP) is 4.42. The molecule has 0 radical (unpaired) electrons. The molecule has 0 atom stereocenters. The van der Waals surface area contributed by atoms with Crippen molar-refractivity contribution in [3.63, 3.8) is 0 Å². The smallest absolute Gasteiger partial charge is 0.140 e. The number of hydrogen-bond donors (Lipinski definition) is 2. The van der Waals surface area contributed by atoms with Crippen LogP contribution >= 0.6 is 47.0 Å². The van der Waals surface area contributed by atoms with Crippen LogP contribution in [0.1, 0.15) is 5.56 Å². The molecule has 0 aliphatic heterocycles. The Kier molecular flexibility index (Phi) is 4.47. The van der Waals surface area contributed by atoms with Crippen molar-refractivity contribution in [1.82, 2.24) is 4.98 Å². The predicted molar refractivity (Wildman–Crippen MR) is 84.9 cm³/mol. The number of nitrogens with two attached hydrogens (primary N) is 1. The third-order valence-corrected chi connectivity index (χ3v) is 3.59. The lowest BCUT2D eigenvalue weighted by Crippen LogP contribution is -2.12. The van der Waals surface area contributed by atoms with Crippen molar-refractivity contribution in [3.05, 3.63) is 51.1 Å². The van der Waals surface area contributed by atoms with E-state index < -0.39 is 0 Å². The first-order chi connectivity index (χ1) is 8.99. The van der Waals surface area contributed by atoms with E-state index in [4.69, 9.17) is 52.8 Å². The second-order valence-corrected chi connectivity index (χ2v) is 5.30. The van der Waals surface area contributed by atoms with Crippen molar-refractivity contribution < 1.29 is 0 Å². The van der Waals surface area contributed by atoms with Gasteiger partial charge in [-0.1, -0.05) is 47.0 Å². The highest BCUT2D eigenvalue weighted by atomic mass is 35.5. The number of thiocarbonyl (C=S) groups is 1. The molecule has 3 N–H and O–H groups in total. The molecule has 0 saturated heterocycles. The highest BCUT2D eigenvalue weighted by Gasteiger charge is 2.10. The summed E-state index contributed by atoms with van der Waals surface area (Å²) in [4.78, 5) is 4.42. The normalized spacial score (nSPS) is 10.3. The third kappa shape index (κ3) is 3.28. The van der Waals surface area contributed by atoms with Crippen molar-refractivity contribution >= 4 is 63.5 Å². The van der Waals surface area contributed by atoms with Gasteiger partial charge in [0.15, 0.2) is 0 Å². The van der Waals surface area contributed by atoms with Gasteiger partial charge >= 0.3 is 0 Å². The summed E-state index contributed by atoms with van der Waals surface area (Å²) in [5.74, 6) is 0.510. The van der Waals surface area contributed by atoms with E-state index >= 15 is 0 Å². The van der Waals surface area contributed by atoms with E-state index in [0.717, 1.165) is 0 Å². The summed E-state index contributed by atoms with van der Waals surface area (Å²) >= 11 is 22.9. The molecule has 1 heterocycles. The zero-order valence-electron chi connectivity index (χ0n) is 9.45. The topological polar surface area (TPSA) is 50.9 Å². The van der Waals surface area contributed by atoms with Crippen LogP contribution in [0.4, 0.5) is 11.5 Å². The molecular formula is C12H8Cl3N3S. The summed E-state index contributed by atoms with van der Waals surface area (Å²) < 4.78 is 0. The second-order valence-electron chi connectivity index (χ2n) is 3.63. The third-order valence-electron chi connectivity index (χ3n) is 2.34. The Hall–Kier alpha value is -1.07. The fourth-order valence-corrected chi connectivity index (χ4v) is 2.21. The van der Waals surface area contributed by atoms with Crippen LogP contribution in [0.2, 0.25) is 15.1 Å². The monoisotopic (exact) mass is 331 g/mol. The average Bonchev–Trinajstić information content (AvgIpc) is 2.36. The molecule has 1 aromatic heterocycles. The largest absolute Gasteiger partial charge is 0.389 e. The van der Waals surface area contributed by atoms with Gasteiger partial charge in [-0.15, -0.1) is 0 Å². The van der Waals surface area contributed by atoms with Crippen LogP contribution in [-0.4, -0.2) is 9.97 Å². The first kappa shape index (κ1) is 14.3. The SMILES string of the molecule is NC(=S)c1cccnc1Nc1cc(Cl)c(Cl)cc1Cl. The van der Waals surface area contributed by atoms with Crippen LogP contribution in [0.5, 0.6) is 0 Å². The number of nitrogens with zero attached hydrogens (tertiary/aromatic N) is 1. The molecule has 0 amide bonds. The van der Waals surface area contributed by atoms with Gasteiger partial charge in [-0.3, -0.25) is 0 Å². The van der Waals surface area contributed by atoms with Crippen LogP contribution in [0.3, 0.4) is 0 Å². The van der Waals surface area contributed by atoms with E-state index in [1.807, 2.05) is 0 Å². The minimum absolute atomic E-state index is 0.242. The zero-order valence-corrected chi connectivity index (χ0v) is 12.5. The Morgan fingerprint density at radius 3 is 2.53 bits per heavy atom. The minimum atomic E-state index is 0.242. The minimum Gasteiger partial charge on any atom is -0.389 e. The van der Waals surface area contributed by atoms with Crippen LogP contribution in [0.15, 0.2) is 30.5 Å². The maximum Gasteiger partial charge on any atom is 0.140 e. The lowest BCUT2D eigenvalue weighted by atomic mass is 10.2. The summed E-state index contributed by atoms with van der Waals surface area (Å²) in [7, 11) is 0. The average molecular weight is 333 g/mol. The second kappa shape index (κ2) is 5.92. The lowest BCUT2D eigenvalue weighted by molar-refractivity contribution is 1.30. The summed E-state index contributed by atoms with van der Waals surface area (Å²) in [6, 6.07) is 6.68. The van der Waals surface area contributed by atoms with E-state index in [9.17, 15) is 0 Å². The van der Waals surface area contributed by atoms with E-state index in [2.05, 4.69) is 10.3 Å². The van der Waals surface area contributed by atoms with Crippen molar-refractivity contribution in [3.8, 4) is 0 Å². The maximum atomic E-state index is 6.09. The van der Waals surface area contributed by atoms with Crippen molar-refractivity contribution in [2.24, 2.45) is 5.73 Å². The Morgan fingerprint density at radius 1 is 1.16 bits per heavy atom. The molecule has 2 rings (SSSR count). The zero-order chi connectivity index (χ0) is 14.0. The van der Waals surface area contributed by atoms with Gasteiger partial charge in [-0.05, 0) is 24.3 Å². The Bertz CT molecular complexity index is 646. The van der Waals surface area contributed by atoms with E-state index in [-0.39, 0.29) is 4.99 Å². The van der Waals surface area contributed by atoms with Crippen molar-refractivity contribution in [1.29, 1.82) is 0 Å². The van der Waals surface area contributed by atoms with Crippen LogP contribution < -0.4 is 11.1 Å². The van der Waals surface area contributed by atoms with Gasteiger partial charge in [0, 0.05) is 6.20 Å². The van der Waals surface area contributed by atoms with Gasteiger partial charge in [0.25, 0.3) is 0 Å². The number of aromatic nitrogens is 1. The van der Waals surface area contributed by atoms with Gasteiger partial charge in [-0.25, -0.2) is 4.98 Å². The summed E-state index contributed by atoms with van der Waals surface area (Å²) in [5, 5.41) is 4.23. The Labute approximate surface area is 130 Å². The first-order valence-electron chi connectivity index (χ1n) is 5.15. The number of pyridine rings is 1. The van der Waals surface area contributed by atoms with Gasteiger partial charge in [0.2, 0.25) is 0 Å². The molecule has 0 spiro atoms. The Balaban J connectivity index is 2.42. The van der Waals surface area contributed by atoms with Crippen molar-refractivity contribution in [2.45, 2.75) is 0 Å². The molecule has 2 aromatic rings. The molecule has 0 aliphatic rings. The molecule has 0 fully saturated rings. The van der Waals surface area contributed by atoms with Crippen molar-refractivity contribution in [2.75, 3.05) is 5.32 Å². The van der Waals surface area contributed by atoms with Crippen LogP contribution in [0.25, 0.3) is 0 Å². The molecule has 7 heteroatoms. The number of halogens is 3. The number of hydrogen-bond acceptors (Lipinski definition) is 3.